The fourth-order valence-electron chi connectivity index (χ4n) is 2.03. The minimum atomic E-state index is -0.325. The van der Waals surface area contributed by atoms with Gasteiger partial charge in [0.05, 0.1) is 5.41 Å². The van der Waals surface area contributed by atoms with Crippen molar-refractivity contribution in [3.05, 3.63) is 48.0 Å². The molecular formula is C14H17NO. The molecule has 0 aromatic heterocycles. The second-order valence-corrected chi connectivity index (χ2v) is 4.76. The Kier molecular flexibility index (Phi) is 2.58. The molecule has 1 atom stereocenters. The molecule has 1 saturated heterocycles. The lowest BCUT2D eigenvalue weighted by molar-refractivity contribution is -0.155. The Morgan fingerprint density at radius 2 is 2.06 bits per heavy atom. The molecule has 1 aliphatic rings. The van der Waals surface area contributed by atoms with Crippen molar-refractivity contribution in [2.75, 3.05) is 6.54 Å². The van der Waals surface area contributed by atoms with Gasteiger partial charge in [0.1, 0.15) is 0 Å². The molecule has 1 heterocycles. The van der Waals surface area contributed by atoms with Crippen molar-refractivity contribution in [1.29, 1.82) is 0 Å². The van der Waals surface area contributed by atoms with Crippen LogP contribution < -0.4 is 0 Å². The number of β-lactam (4-membered cyclic amide) rings is 1. The molecule has 1 aromatic rings. The maximum Gasteiger partial charge on any atom is 0.234 e. The highest BCUT2D eigenvalue weighted by Gasteiger charge is 2.48. The van der Waals surface area contributed by atoms with Crippen molar-refractivity contribution in [3.8, 4) is 0 Å². The van der Waals surface area contributed by atoms with Crippen molar-refractivity contribution < 1.29 is 4.79 Å². The fourth-order valence-corrected chi connectivity index (χ4v) is 2.03. The van der Waals surface area contributed by atoms with Crippen LogP contribution in [0.1, 0.15) is 19.4 Å². The van der Waals surface area contributed by atoms with Gasteiger partial charge in [-0.3, -0.25) is 4.79 Å². The smallest absolute Gasteiger partial charge is 0.234 e. The van der Waals surface area contributed by atoms with Crippen molar-refractivity contribution in [2.24, 2.45) is 5.41 Å². The van der Waals surface area contributed by atoms with Crippen molar-refractivity contribution >= 4 is 5.91 Å². The summed E-state index contributed by atoms with van der Waals surface area (Å²) >= 11 is 0. The van der Waals surface area contributed by atoms with Crippen LogP contribution in [0.4, 0.5) is 0 Å². The lowest BCUT2D eigenvalue weighted by Gasteiger charge is -2.47. The Hall–Kier alpha value is -1.57. The van der Waals surface area contributed by atoms with Crippen LogP contribution in [0, 0.1) is 5.41 Å². The van der Waals surface area contributed by atoms with Crippen LogP contribution in [0.3, 0.4) is 0 Å². The predicted octanol–water partition coefficient (Wildman–Crippen LogP) is 2.61. The van der Waals surface area contributed by atoms with Crippen molar-refractivity contribution in [1.82, 2.24) is 4.90 Å². The Balaban J connectivity index is 2.02. The van der Waals surface area contributed by atoms with Gasteiger partial charge in [-0.1, -0.05) is 42.5 Å². The van der Waals surface area contributed by atoms with E-state index in [0.717, 1.165) is 12.1 Å². The Bertz CT molecular complexity index is 424. The number of amides is 1. The minimum absolute atomic E-state index is 0.198. The molecule has 84 valence electrons. The van der Waals surface area contributed by atoms with Crippen LogP contribution in [0.25, 0.3) is 0 Å². The molecule has 2 rings (SSSR count). The first-order valence-electron chi connectivity index (χ1n) is 5.53. The van der Waals surface area contributed by atoms with E-state index in [9.17, 15) is 4.79 Å². The molecule has 1 fully saturated rings. The van der Waals surface area contributed by atoms with Crippen molar-refractivity contribution in [2.45, 2.75) is 20.4 Å². The third kappa shape index (κ3) is 1.64. The number of likely N-dealkylation sites (tertiary alicyclic amines) is 1. The maximum absolute atomic E-state index is 12.0. The van der Waals surface area contributed by atoms with E-state index in [1.165, 1.54) is 5.56 Å². The molecule has 1 amide bonds. The molecule has 1 unspecified atom stereocenters. The average molecular weight is 215 g/mol. The molecule has 0 spiro atoms. The predicted molar refractivity (Wildman–Crippen MR) is 64.8 cm³/mol. The fraction of sp³-hybridized carbons (Fsp3) is 0.357. The second-order valence-electron chi connectivity index (χ2n) is 4.76. The van der Waals surface area contributed by atoms with Gasteiger partial charge < -0.3 is 4.90 Å². The van der Waals surface area contributed by atoms with E-state index >= 15 is 0 Å². The van der Waals surface area contributed by atoms with Crippen LogP contribution in [0.5, 0.6) is 0 Å². The van der Waals surface area contributed by atoms with Gasteiger partial charge in [-0.2, -0.15) is 0 Å². The van der Waals surface area contributed by atoms with E-state index in [2.05, 4.69) is 6.58 Å². The molecule has 0 saturated carbocycles. The molecule has 0 aliphatic carbocycles. The average Bonchev–Trinajstić information content (AvgIpc) is 2.29. The standard InChI is InChI=1S/C14H17NO/c1-11(2)14(3)10-15(13(14)16)9-12-7-5-4-6-8-12/h4-8H,1,9-10H2,2-3H3. The summed E-state index contributed by atoms with van der Waals surface area (Å²) in [6, 6.07) is 10.1. The highest BCUT2D eigenvalue weighted by molar-refractivity contribution is 5.91. The molecule has 2 heteroatoms. The van der Waals surface area contributed by atoms with Gasteiger partial charge in [-0.15, -0.1) is 0 Å². The first-order chi connectivity index (χ1) is 7.54. The van der Waals surface area contributed by atoms with E-state index in [1.807, 2.05) is 49.1 Å². The topological polar surface area (TPSA) is 20.3 Å². The Morgan fingerprint density at radius 1 is 1.44 bits per heavy atom. The molecule has 16 heavy (non-hydrogen) atoms. The Morgan fingerprint density at radius 3 is 2.56 bits per heavy atom. The van der Waals surface area contributed by atoms with Crippen LogP contribution in [-0.2, 0) is 11.3 Å². The second kappa shape index (κ2) is 3.78. The number of hydrogen-bond acceptors (Lipinski definition) is 1. The molecule has 1 aromatic carbocycles. The summed E-state index contributed by atoms with van der Waals surface area (Å²) in [7, 11) is 0. The van der Waals surface area contributed by atoms with Crippen LogP contribution >= 0.6 is 0 Å². The Labute approximate surface area is 96.6 Å². The van der Waals surface area contributed by atoms with Gasteiger partial charge in [-0.05, 0) is 19.4 Å². The zero-order valence-electron chi connectivity index (χ0n) is 9.86. The first-order valence-corrected chi connectivity index (χ1v) is 5.53. The van der Waals surface area contributed by atoms with Crippen molar-refractivity contribution in [3.63, 3.8) is 0 Å². The summed E-state index contributed by atoms with van der Waals surface area (Å²) in [6.07, 6.45) is 0. The lowest BCUT2D eigenvalue weighted by Crippen LogP contribution is -2.59. The highest BCUT2D eigenvalue weighted by atomic mass is 16.2. The number of carbonyl (C=O) groups excluding carboxylic acids is 1. The summed E-state index contributed by atoms with van der Waals surface area (Å²) in [6.45, 7) is 9.29. The summed E-state index contributed by atoms with van der Waals surface area (Å²) in [5, 5.41) is 0. The lowest BCUT2D eigenvalue weighted by atomic mass is 9.75. The third-order valence-corrected chi connectivity index (χ3v) is 3.42. The number of benzene rings is 1. The number of hydrogen-bond donors (Lipinski definition) is 0. The summed E-state index contributed by atoms with van der Waals surface area (Å²) < 4.78 is 0. The first kappa shape index (κ1) is 10.9. The molecule has 0 radical (unpaired) electrons. The summed E-state index contributed by atoms with van der Waals surface area (Å²) in [5.41, 5.74) is 1.82. The molecule has 2 nitrogen and oxygen atoms in total. The number of rotatable bonds is 3. The normalized spacial score (nSPS) is 24.1. The van der Waals surface area contributed by atoms with Gasteiger partial charge in [0.25, 0.3) is 0 Å². The van der Waals surface area contributed by atoms with Crippen LogP contribution in [-0.4, -0.2) is 17.4 Å². The molecule has 0 bridgehead atoms. The SMILES string of the molecule is C=C(C)C1(C)CN(Cc2ccccc2)C1=O. The van der Waals surface area contributed by atoms with Gasteiger partial charge in [-0.25, -0.2) is 0 Å². The summed E-state index contributed by atoms with van der Waals surface area (Å²) in [4.78, 5) is 13.9. The van der Waals surface area contributed by atoms with E-state index in [-0.39, 0.29) is 11.3 Å². The highest BCUT2D eigenvalue weighted by Crippen LogP contribution is 2.38. The molecule has 1 aliphatic heterocycles. The van der Waals surface area contributed by atoms with Gasteiger partial charge in [0.15, 0.2) is 0 Å². The number of nitrogens with zero attached hydrogens (tertiary/aromatic N) is 1. The van der Waals surface area contributed by atoms with Gasteiger partial charge >= 0.3 is 0 Å². The van der Waals surface area contributed by atoms with Crippen LogP contribution in [0.2, 0.25) is 0 Å². The van der Waals surface area contributed by atoms with E-state index in [0.29, 0.717) is 6.54 Å². The minimum Gasteiger partial charge on any atom is -0.336 e. The van der Waals surface area contributed by atoms with E-state index < -0.39 is 0 Å². The quantitative estimate of drug-likeness (QED) is 0.560. The zero-order valence-corrected chi connectivity index (χ0v) is 9.86. The largest absolute Gasteiger partial charge is 0.336 e. The monoisotopic (exact) mass is 215 g/mol. The number of carbonyl (C=O) groups is 1. The molecule has 0 N–H and O–H groups in total. The summed E-state index contributed by atoms with van der Waals surface area (Å²) in [5.74, 6) is 0.198. The van der Waals surface area contributed by atoms with Gasteiger partial charge in [0, 0.05) is 13.1 Å². The van der Waals surface area contributed by atoms with E-state index in [4.69, 9.17) is 0 Å². The zero-order chi connectivity index (χ0) is 11.8. The van der Waals surface area contributed by atoms with Crippen LogP contribution in [0.15, 0.2) is 42.5 Å². The third-order valence-electron chi connectivity index (χ3n) is 3.42. The molecular weight excluding hydrogens is 198 g/mol. The van der Waals surface area contributed by atoms with Gasteiger partial charge in [0.2, 0.25) is 5.91 Å². The maximum atomic E-state index is 12.0. The van der Waals surface area contributed by atoms with E-state index in [1.54, 1.807) is 0 Å².